The average molecular weight is 273 g/mol. The fourth-order valence-electron chi connectivity index (χ4n) is 2.92. The van der Waals surface area contributed by atoms with E-state index in [1.54, 1.807) is 6.07 Å². The molecule has 5 nitrogen and oxygen atoms in total. The minimum Gasteiger partial charge on any atom is -0.345 e. The van der Waals surface area contributed by atoms with Gasteiger partial charge in [-0.15, -0.1) is 0 Å². The van der Waals surface area contributed by atoms with Crippen LogP contribution in [0.2, 0.25) is 0 Å². The lowest BCUT2D eigenvalue weighted by Gasteiger charge is -2.15. The molecular formula is C15H19N3O2. The molecule has 2 heterocycles. The summed E-state index contributed by atoms with van der Waals surface area (Å²) in [4.78, 5) is 13.6. The van der Waals surface area contributed by atoms with Crippen LogP contribution in [0.5, 0.6) is 0 Å². The molecule has 1 aromatic heterocycles. The third kappa shape index (κ3) is 2.42. The average Bonchev–Trinajstić information content (AvgIpc) is 3.12. The van der Waals surface area contributed by atoms with Gasteiger partial charge in [-0.25, -0.2) is 0 Å². The normalized spacial score (nSPS) is 15.8. The number of aromatic nitrogens is 1. The second-order valence-electron chi connectivity index (χ2n) is 5.29. The highest BCUT2D eigenvalue weighted by molar-refractivity contribution is 5.98. The minimum atomic E-state index is 0.635. The van der Waals surface area contributed by atoms with Crippen LogP contribution in [0.15, 0.2) is 24.4 Å². The molecular weight excluding hydrogens is 254 g/mol. The summed E-state index contributed by atoms with van der Waals surface area (Å²) >= 11 is 0. The van der Waals surface area contributed by atoms with E-state index in [-0.39, 0.29) is 0 Å². The third-order valence-corrected chi connectivity index (χ3v) is 4.02. The number of aldehydes is 1. The van der Waals surface area contributed by atoms with Crippen molar-refractivity contribution in [2.45, 2.75) is 19.4 Å². The Hall–Kier alpha value is -1.85. The lowest BCUT2D eigenvalue weighted by molar-refractivity contribution is 0.112. The summed E-state index contributed by atoms with van der Waals surface area (Å²) in [5, 5.41) is 9.95. The van der Waals surface area contributed by atoms with Crippen LogP contribution in [0, 0.1) is 0 Å². The smallest absolute Gasteiger partial charge is 0.152 e. The van der Waals surface area contributed by atoms with Crippen molar-refractivity contribution in [1.82, 2.24) is 9.47 Å². The van der Waals surface area contributed by atoms with Gasteiger partial charge in [0.25, 0.3) is 0 Å². The first kappa shape index (κ1) is 13.1. The Morgan fingerprint density at radius 1 is 1.25 bits per heavy atom. The fourth-order valence-corrected chi connectivity index (χ4v) is 2.92. The molecule has 0 aliphatic carbocycles. The number of carbonyl (C=O) groups excluding carboxylic acids is 1. The van der Waals surface area contributed by atoms with Crippen LogP contribution in [-0.4, -0.2) is 40.6 Å². The molecule has 20 heavy (non-hydrogen) atoms. The lowest BCUT2D eigenvalue weighted by Crippen LogP contribution is -2.23. The SMILES string of the molecule is O=Cc1cn(CCN2CCCC2)c2cc(NO)ccc12. The first-order valence-electron chi connectivity index (χ1n) is 7.02. The van der Waals surface area contributed by atoms with Crippen LogP contribution in [-0.2, 0) is 6.54 Å². The molecule has 0 radical (unpaired) electrons. The summed E-state index contributed by atoms with van der Waals surface area (Å²) in [5.74, 6) is 0. The van der Waals surface area contributed by atoms with Gasteiger partial charge in [-0.05, 0) is 44.1 Å². The van der Waals surface area contributed by atoms with E-state index >= 15 is 0 Å². The number of nitrogens with zero attached hydrogens (tertiary/aromatic N) is 2. The summed E-state index contributed by atoms with van der Waals surface area (Å²) in [6.07, 6.45) is 5.35. The van der Waals surface area contributed by atoms with Crippen molar-refractivity contribution in [3.05, 3.63) is 30.0 Å². The molecule has 3 rings (SSSR count). The van der Waals surface area contributed by atoms with Gasteiger partial charge in [-0.1, -0.05) is 0 Å². The summed E-state index contributed by atoms with van der Waals surface area (Å²) in [6.45, 7) is 4.20. The molecule has 1 aliphatic rings. The molecule has 0 amide bonds. The monoisotopic (exact) mass is 273 g/mol. The van der Waals surface area contributed by atoms with Crippen LogP contribution in [0.4, 0.5) is 5.69 Å². The molecule has 5 heteroatoms. The van der Waals surface area contributed by atoms with Crippen molar-refractivity contribution in [1.29, 1.82) is 0 Å². The quantitative estimate of drug-likeness (QED) is 0.648. The van der Waals surface area contributed by atoms with Gasteiger partial charge in [0.15, 0.2) is 6.29 Å². The first-order chi connectivity index (χ1) is 9.81. The van der Waals surface area contributed by atoms with Crippen molar-refractivity contribution in [2.75, 3.05) is 25.1 Å². The van der Waals surface area contributed by atoms with Crippen LogP contribution in [0.1, 0.15) is 23.2 Å². The Kier molecular flexibility index (Phi) is 3.71. The van der Waals surface area contributed by atoms with Gasteiger partial charge in [0, 0.05) is 30.2 Å². The highest BCUT2D eigenvalue weighted by Crippen LogP contribution is 2.24. The molecule has 0 bridgehead atoms. The van der Waals surface area contributed by atoms with Gasteiger partial charge in [0.2, 0.25) is 0 Å². The second-order valence-corrected chi connectivity index (χ2v) is 5.29. The van der Waals surface area contributed by atoms with Crippen molar-refractivity contribution < 1.29 is 10.0 Å². The van der Waals surface area contributed by atoms with Crippen LogP contribution in [0.3, 0.4) is 0 Å². The molecule has 0 saturated carbocycles. The number of nitrogens with one attached hydrogen (secondary N) is 1. The Balaban J connectivity index is 1.89. The van der Waals surface area contributed by atoms with Gasteiger partial charge in [-0.2, -0.15) is 0 Å². The molecule has 1 fully saturated rings. The zero-order chi connectivity index (χ0) is 13.9. The summed E-state index contributed by atoms with van der Waals surface area (Å²) in [6, 6.07) is 5.50. The van der Waals surface area contributed by atoms with Crippen molar-refractivity contribution >= 4 is 22.9 Å². The third-order valence-electron chi connectivity index (χ3n) is 4.02. The first-order valence-corrected chi connectivity index (χ1v) is 7.02. The van der Waals surface area contributed by atoms with E-state index in [4.69, 9.17) is 5.21 Å². The number of likely N-dealkylation sites (tertiary alicyclic amines) is 1. The molecule has 0 spiro atoms. The number of carbonyl (C=O) groups is 1. The Morgan fingerprint density at radius 3 is 2.75 bits per heavy atom. The molecule has 0 atom stereocenters. The van der Waals surface area contributed by atoms with Gasteiger partial charge in [-0.3, -0.25) is 15.5 Å². The van der Waals surface area contributed by atoms with E-state index in [0.29, 0.717) is 11.3 Å². The van der Waals surface area contributed by atoms with Gasteiger partial charge in [0.1, 0.15) is 0 Å². The molecule has 2 aromatic rings. The Bertz CT molecular complexity index is 615. The largest absolute Gasteiger partial charge is 0.345 e. The van der Waals surface area contributed by atoms with E-state index in [1.807, 2.05) is 18.3 Å². The molecule has 2 N–H and O–H groups in total. The van der Waals surface area contributed by atoms with Gasteiger partial charge < -0.3 is 9.47 Å². The summed E-state index contributed by atoms with van der Waals surface area (Å²) < 4.78 is 2.10. The summed E-state index contributed by atoms with van der Waals surface area (Å²) in [7, 11) is 0. The second kappa shape index (κ2) is 5.64. The highest BCUT2D eigenvalue weighted by Gasteiger charge is 2.13. The minimum absolute atomic E-state index is 0.635. The number of anilines is 1. The lowest BCUT2D eigenvalue weighted by atomic mass is 10.2. The maximum atomic E-state index is 11.2. The van der Waals surface area contributed by atoms with E-state index in [2.05, 4.69) is 14.9 Å². The van der Waals surface area contributed by atoms with Crippen molar-refractivity contribution in [3.8, 4) is 0 Å². The predicted molar refractivity (Wildman–Crippen MR) is 78.4 cm³/mol. The number of rotatable bonds is 5. The zero-order valence-corrected chi connectivity index (χ0v) is 11.4. The molecule has 106 valence electrons. The molecule has 0 unspecified atom stereocenters. The predicted octanol–water partition coefficient (Wildman–Crippen LogP) is 2.35. The van der Waals surface area contributed by atoms with Crippen molar-refractivity contribution in [2.24, 2.45) is 0 Å². The van der Waals surface area contributed by atoms with Gasteiger partial charge in [0.05, 0.1) is 11.2 Å². The summed E-state index contributed by atoms with van der Waals surface area (Å²) in [5.41, 5.74) is 4.47. The van der Waals surface area contributed by atoms with Crippen molar-refractivity contribution in [3.63, 3.8) is 0 Å². The van der Waals surface area contributed by atoms with E-state index < -0.39 is 0 Å². The topological polar surface area (TPSA) is 57.5 Å². The van der Waals surface area contributed by atoms with E-state index in [1.165, 1.54) is 25.9 Å². The number of hydrogen-bond donors (Lipinski definition) is 2. The number of benzene rings is 1. The van der Waals surface area contributed by atoms with E-state index in [9.17, 15) is 4.79 Å². The number of hydrogen-bond acceptors (Lipinski definition) is 4. The molecule has 1 saturated heterocycles. The van der Waals surface area contributed by atoms with Crippen LogP contribution < -0.4 is 5.48 Å². The van der Waals surface area contributed by atoms with Crippen LogP contribution in [0.25, 0.3) is 10.9 Å². The Labute approximate surface area is 117 Å². The zero-order valence-electron chi connectivity index (χ0n) is 11.4. The molecule has 1 aliphatic heterocycles. The highest BCUT2D eigenvalue weighted by atomic mass is 16.5. The fraction of sp³-hybridized carbons (Fsp3) is 0.400. The van der Waals surface area contributed by atoms with E-state index in [0.717, 1.165) is 30.3 Å². The standard InChI is InChI=1S/C15H19N3O2/c19-11-12-10-18(8-7-17-5-1-2-6-17)15-9-13(16-20)3-4-14(12)15/h3-4,9-11,16,20H,1-2,5-8H2. The maximum absolute atomic E-state index is 11.2. The molecule has 1 aromatic carbocycles. The maximum Gasteiger partial charge on any atom is 0.152 e. The number of fused-ring (bicyclic) bond motifs is 1. The van der Waals surface area contributed by atoms with Crippen LogP contribution >= 0.6 is 0 Å². The Morgan fingerprint density at radius 2 is 2.05 bits per heavy atom. The van der Waals surface area contributed by atoms with Gasteiger partial charge >= 0.3 is 0 Å².